The molecule has 0 aliphatic carbocycles. The number of nitrogens with one attached hydrogen (secondary N) is 1. The second kappa shape index (κ2) is 5.60. The van der Waals surface area contributed by atoms with Crippen molar-refractivity contribution in [2.75, 3.05) is 6.54 Å². The number of carbonyl (C=O) groups is 1. The van der Waals surface area contributed by atoms with Crippen molar-refractivity contribution < 1.29 is 14.3 Å². The van der Waals surface area contributed by atoms with Gasteiger partial charge >= 0.3 is 5.97 Å². The summed E-state index contributed by atoms with van der Waals surface area (Å²) in [6.07, 6.45) is 0.821. The third kappa shape index (κ3) is 3.04. The highest BCUT2D eigenvalue weighted by atomic mass is 79.9. The van der Waals surface area contributed by atoms with Crippen molar-refractivity contribution in [1.29, 1.82) is 0 Å². The predicted molar refractivity (Wildman–Crippen MR) is 67.4 cm³/mol. The molecule has 0 aliphatic rings. The summed E-state index contributed by atoms with van der Waals surface area (Å²) in [7, 11) is 0. The minimum atomic E-state index is -1.22. The van der Waals surface area contributed by atoms with Gasteiger partial charge in [-0.2, -0.15) is 0 Å². The van der Waals surface area contributed by atoms with Crippen LogP contribution in [0.1, 0.15) is 25.8 Å². The Balaban J connectivity index is 3.17. The maximum atomic E-state index is 13.0. The van der Waals surface area contributed by atoms with E-state index in [0.29, 0.717) is 16.6 Å². The first-order valence-corrected chi connectivity index (χ1v) is 6.15. The average molecular weight is 304 g/mol. The van der Waals surface area contributed by atoms with Crippen molar-refractivity contribution in [2.45, 2.75) is 25.8 Å². The van der Waals surface area contributed by atoms with Gasteiger partial charge < -0.3 is 5.11 Å². The van der Waals surface area contributed by atoms with E-state index in [1.165, 1.54) is 18.2 Å². The first-order chi connectivity index (χ1) is 7.91. The van der Waals surface area contributed by atoms with Gasteiger partial charge in [-0.15, -0.1) is 0 Å². The maximum absolute atomic E-state index is 13.0. The van der Waals surface area contributed by atoms with Gasteiger partial charge in [-0.1, -0.05) is 28.9 Å². The highest BCUT2D eigenvalue weighted by molar-refractivity contribution is 9.10. The van der Waals surface area contributed by atoms with E-state index in [9.17, 15) is 14.3 Å². The fourth-order valence-electron chi connectivity index (χ4n) is 1.56. The van der Waals surface area contributed by atoms with E-state index < -0.39 is 17.3 Å². The second-order valence-corrected chi connectivity index (χ2v) is 4.84. The van der Waals surface area contributed by atoms with E-state index in [1.807, 2.05) is 6.92 Å². The zero-order valence-electron chi connectivity index (χ0n) is 9.76. The molecular formula is C12H15BrFNO2. The summed E-state index contributed by atoms with van der Waals surface area (Å²) in [5.41, 5.74) is -0.706. The van der Waals surface area contributed by atoms with E-state index in [4.69, 9.17) is 0 Å². The molecule has 3 nitrogen and oxygen atoms in total. The Bertz CT molecular complexity index is 425. The molecule has 0 fully saturated rings. The summed E-state index contributed by atoms with van der Waals surface area (Å²) in [5.74, 6) is -1.39. The van der Waals surface area contributed by atoms with Crippen molar-refractivity contribution >= 4 is 21.9 Å². The van der Waals surface area contributed by atoms with Crippen molar-refractivity contribution in [1.82, 2.24) is 5.32 Å². The Kier molecular flexibility index (Phi) is 4.65. The number of carboxylic acids is 1. The number of carboxylic acid groups (broad SMARTS) is 1. The van der Waals surface area contributed by atoms with Gasteiger partial charge in [0.2, 0.25) is 0 Å². The third-order valence-corrected chi connectivity index (χ3v) is 3.28. The summed E-state index contributed by atoms with van der Waals surface area (Å²) >= 11 is 3.20. The number of benzene rings is 1. The highest BCUT2D eigenvalue weighted by Gasteiger charge is 2.36. The van der Waals surface area contributed by atoms with Crippen LogP contribution in [0.15, 0.2) is 22.7 Å². The van der Waals surface area contributed by atoms with Gasteiger partial charge in [0.05, 0.1) is 0 Å². The number of rotatable bonds is 5. The second-order valence-electron chi connectivity index (χ2n) is 3.98. The van der Waals surface area contributed by atoms with Crippen LogP contribution >= 0.6 is 15.9 Å². The van der Waals surface area contributed by atoms with E-state index in [-0.39, 0.29) is 0 Å². The fraction of sp³-hybridized carbons (Fsp3) is 0.417. The summed E-state index contributed by atoms with van der Waals surface area (Å²) in [6.45, 7) is 4.10. The molecule has 0 saturated carbocycles. The molecule has 0 amide bonds. The van der Waals surface area contributed by atoms with Crippen molar-refractivity contribution in [3.8, 4) is 0 Å². The van der Waals surface area contributed by atoms with Crippen LogP contribution in [0.2, 0.25) is 0 Å². The molecule has 1 rings (SSSR count). The monoisotopic (exact) mass is 303 g/mol. The van der Waals surface area contributed by atoms with Crippen LogP contribution in [-0.4, -0.2) is 17.6 Å². The lowest BCUT2D eigenvalue weighted by Crippen LogP contribution is -2.47. The van der Waals surface area contributed by atoms with Gasteiger partial charge in [0.25, 0.3) is 0 Å². The molecule has 2 N–H and O–H groups in total. The minimum Gasteiger partial charge on any atom is -0.480 e. The Morgan fingerprint density at radius 3 is 2.71 bits per heavy atom. The van der Waals surface area contributed by atoms with Gasteiger partial charge in [-0.3, -0.25) is 5.32 Å². The Labute approximate surface area is 108 Å². The molecule has 17 heavy (non-hydrogen) atoms. The molecule has 0 heterocycles. The van der Waals surface area contributed by atoms with Gasteiger partial charge in [0.1, 0.15) is 11.4 Å². The normalized spacial score (nSPS) is 14.4. The first-order valence-electron chi connectivity index (χ1n) is 5.35. The van der Waals surface area contributed by atoms with Crippen LogP contribution in [0.25, 0.3) is 0 Å². The topological polar surface area (TPSA) is 49.3 Å². The highest BCUT2D eigenvalue weighted by Crippen LogP contribution is 2.29. The Morgan fingerprint density at radius 2 is 2.24 bits per heavy atom. The molecule has 1 aromatic rings. The van der Waals surface area contributed by atoms with Crippen LogP contribution in [0.4, 0.5) is 4.39 Å². The summed E-state index contributed by atoms with van der Waals surface area (Å²) in [4.78, 5) is 11.4. The number of hydrogen-bond donors (Lipinski definition) is 2. The fourth-order valence-corrected chi connectivity index (χ4v) is 2.30. The lowest BCUT2D eigenvalue weighted by atomic mass is 9.92. The van der Waals surface area contributed by atoms with E-state index in [1.54, 1.807) is 6.92 Å². The summed E-state index contributed by atoms with van der Waals surface area (Å²) in [6, 6.07) is 4.01. The van der Waals surface area contributed by atoms with Crippen molar-refractivity contribution in [2.24, 2.45) is 0 Å². The SMILES string of the molecule is CCCNC(C)(C(=O)O)c1ccc(F)cc1Br. The Morgan fingerprint density at radius 1 is 1.59 bits per heavy atom. The molecule has 0 bridgehead atoms. The molecule has 0 saturated heterocycles. The van der Waals surface area contributed by atoms with Gasteiger partial charge in [-0.25, -0.2) is 9.18 Å². The van der Waals surface area contributed by atoms with Crippen LogP contribution in [0.3, 0.4) is 0 Å². The lowest BCUT2D eigenvalue weighted by Gasteiger charge is -2.27. The maximum Gasteiger partial charge on any atom is 0.328 e. The molecule has 0 aromatic heterocycles. The van der Waals surface area contributed by atoms with Crippen LogP contribution in [-0.2, 0) is 10.3 Å². The Hall–Kier alpha value is -0.940. The molecule has 0 spiro atoms. The first kappa shape index (κ1) is 14.1. The van der Waals surface area contributed by atoms with Crippen molar-refractivity contribution in [3.63, 3.8) is 0 Å². The molecule has 5 heteroatoms. The molecule has 1 aromatic carbocycles. The lowest BCUT2D eigenvalue weighted by molar-refractivity contribution is -0.144. The molecule has 1 unspecified atom stereocenters. The molecule has 1 atom stereocenters. The van der Waals surface area contributed by atoms with Crippen LogP contribution in [0.5, 0.6) is 0 Å². The van der Waals surface area contributed by atoms with Gasteiger partial charge in [0.15, 0.2) is 0 Å². The van der Waals surface area contributed by atoms with Gasteiger partial charge in [-0.05, 0) is 37.6 Å². The predicted octanol–water partition coefficient (Wildman–Crippen LogP) is 2.89. The zero-order chi connectivity index (χ0) is 13.1. The molecular weight excluding hydrogens is 289 g/mol. The molecule has 0 radical (unpaired) electrons. The van der Waals surface area contributed by atoms with E-state index in [2.05, 4.69) is 21.2 Å². The number of aliphatic carboxylic acids is 1. The van der Waals surface area contributed by atoms with Crippen LogP contribution in [0, 0.1) is 5.82 Å². The average Bonchev–Trinajstić information content (AvgIpc) is 2.25. The summed E-state index contributed by atoms with van der Waals surface area (Å²) in [5, 5.41) is 12.3. The number of hydrogen-bond acceptors (Lipinski definition) is 2. The minimum absolute atomic E-state index is 0.399. The van der Waals surface area contributed by atoms with Gasteiger partial charge in [0, 0.05) is 4.47 Å². The smallest absolute Gasteiger partial charge is 0.328 e. The largest absolute Gasteiger partial charge is 0.480 e. The van der Waals surface area contributed by atoms with Crippen molar-refractivity contribution in [3.05, 3.63) is 34.1 Å². The van der Waals surface area contributed by atoms with Crippen LogP contribution < -0.4 is 5.32 Å². The summed E-state index contributed by atoms with van der Waals surface area (Å²) < 4.78 is 13.4. The van der Waals surface area contributed by atoms with E-state index >= 15 is 0 Å². The quantitative estimate of drug-likeness (QED) is 0.879. The van der Waals surface area contributed by atoms with E-state index in [0.717, 1.165) is 6.42 Å². The molecule has 94 valence electrons. The molecule has 0 aliphatic heterocycles. The third-order valence-electron chi connectivity index (χ3n) is 2.63. The number of halogens is 2. The standard InChI is InChI=1S/C12H15BrFNO2/c1-3-6-15-12(2,11(16)17)9-5-4-8(14)7-10(9)13/h4-5,7,15H,3,6H2,1-2H3,(H,16,17). The zero-order valence-corrected chi connectivity index (χ0v) is 11.3.